The van der Waals surface area contributed by atoms with Crippen molar-refractivity contribution in [3.63, 3.8) is 0 Å². The van der Waals surface area contributed by atoms with Gasteiger partial charge in [0.05, 0.1) is 6.04 Å². The van der Waals surface area contributed by atoms with Crippen molar-refractivity contribution in [2.24, 2.45) is 52.3 Å². The molecule has 0 aromatic rings. The molecule has 3 heterocycles. The van der Waals surface area contributed by atoms with E-state index in [1.807, 2.05) is 5.57 Å². The lowest BCUT2D eigenvalue weighted by Crippen LogP contribution is -2.46. The second-order valence-corrected chi connectivity index (χ2v) is 12.6. The average Bonchev–Trinajstić information content (AvgIpc) is 3.03. The number of dihydropyridines is 1. The molecular formula is C30H39ClN2. The van der Waals surface area contributed by atoms with Crippen LogP contribution in [0.1, 0.15) is 70.6 Å². The van der Waals surface area contributed by atoms with Crippen molar-refractivity contribution >= 4 is 18.6 Å². The minimum absolute atomic E-state index is 0. The van der Waals surface area contributed by atoms with Crippen molar-refractivity contribution in [3.8, 4) is 0 Å². The molecule has 9 rings (SSSR count). The highest BCUT2D eigenvalue weighted by Crippen LogP contribution is 2.60. The molecule has 33 heavy (non-hydrogen) atoms. The van der Waals surface area contributed by atoms with Gasteiger partial charge < -0.3 is 4.90 Å². The molecule has 2 nitrogen and oxygen atoms in total. The monoisotopic (exact) mass is 462 g/mol. The minimum atomic E-state index is 0. The van der Waals surface area contributed by atoms with Crippen LogP contribution in [0.5, 0.6) is 0 Å². The summed E-state index contributed by atoms with van der Waals surface area (Å²) < 4.78 is 0. The highest BCUT2D eigenvalue weighted by molar-refractivity contribution is 5.85. The lowest BCUT2D eigenvalue weighted by atomic mass is 9.50. The summed E-state index contributed by atoms with van der Waals surface area (Å²) in [6.45, 7) is 1.02. The summed E-state index contributed by atoms with van der Waals surface area (Å²) >= 11 is 0. The Hall–Kier alpha value is -1.28. The van der Waals surface area contributed by atoms with Crippen molar-refractivity contribution in [2.45, 2.75) is 76.7 Å². The van der Waals surface area contributed by atoms with Crippen LogP contribution in [0.2, 0.25) is 0 Å². The number of fused-ring (bicyclic) bond motifs is 5. The van der Waals surface area contributed by atoms with Gasteiger partial charge in [0, 0.05) is 36.0 Å². The summed E-state index contributed by atoms with van der Waals surface area (Å²) in [7, 11) is 0. The molecule has 0 aromatic heterocycles. The third-order valence-corrected chi connectivity index (χ3v) is 11.2. The van der Waals surface area contributed by atoms with E-state index in [-0.39, 0.29) is 12.4 Å². The number of rotatable bonds is 2. The molecule has 1 saturated heterocycles. The molecule has 5 fully saturated rings. The number of halogens is 1. The second kappa shape index (κ2) is 7.87. The average molecular weight is 463 g/mol. The van der Waals surface area contributed by atoms with Gasteiger partial charge >= 0.3 is 0 Å². The van der Waals surface area contributed by atoms with E-state index in [4.69, 9.17) is 4.99 Å². The zero-order valence-corrected chi connectivity index (χ0v) is 20.7. The Morgan fingerprint density at radius 3 is 2.58 bits per heavy atom. The van der Waals surface area contributed by atoms with Crippen molar-refractivity contribution in [3.05, 3.63) is 46.8 Å². The van der Waals surface area contributed by atoms with E-state index in [2.05, 4.69) is 35.4 Å². The van der Waals surface area contributed by atoms with Gasteiger partial charge in [-0.1, -0.05) is 18.2 Å². The Morgan fingerprint density at radius 1 is 0.939 bits per heavy atom. The number of nitrogens with zero attached hydrogens (tertiary/aromatic N) is 2. The van der Waals surface area contributed by atoms with Crippen molar-refractivity contribution in [1.82, 2.24) is 4.90 Å². The molecule has 6 aliphatic carbocycles. The molecule has 3 aliphatic heterocycles. The van der Waals surface area contributed by atoms with Gasteiger partial charge in [-0.2, -0.15) is 0 Å². The van der Waals surface area contributed by atoms with Gasteiger partial charge in [0.1, 0.15) is 0 Å². The van der Waals surface area contributed by atoms with E-state index in [1.165, 1.54) is 38.5 Å². The third kappa shape index (κ3) is 3.08. The largest absolute Gasteiger partial charge is 0.341 e. The van der Waals surface area contributed by atoms with Gasteiger partial charge in [0.2, 0.25) is 0 Å². The standard InChI is InChI=1S/C30H38N2.ClH/c1-2-4-28-20(3-1)5-7-24-21(16-26-22-12-18-11-19(14-22)15-23(26)13-18)6-8-25-27-17-31-10-9-29(27)32(28)30(24)25;/h1,3,5,9-10,18-19,21-23,25-28H,2,4,6-8,11-17H2;1H/t18?,19?,21?,22?,23?,25-,26?,27-,28?;/m1./s1. The fourth-order valence-corrected chi connectivity index (χ4v) is 10.2. The first-order valence-electron chi connectivity index (χ1n) is 13.9. The molecule has 0 aromatic carbocycles. The highest BCUT2D eigenvalue weighted by Gasteiger charge is 2.52. The van der Waals surface area contributed by atoms with Gasteiger partial charge in [-0.15, -0.1) is 12.4 Å². The van der Waals surface area contributed by atoms with E-state index in [0.717, 1.165) is 48.0 Å². The van der Waals surface area contributed by atoms with Crippen molar-refractivity contribution in [1.29, 1.82) is 0 Å². The van der Waals surface area contributed by atoms with Gasteiger partial charge in [-0.05, 0) is 123 Å². The fourth-order valence-electron chi connectivity index (χ4n) is 10.2. The normalized spacial score (nSPS) is 46.2. The Balaban J connectivity index is 0.00000190. The lowest BCUT2D eigenvalue weighted by Gasteiger charge is -2.55. The third-order valence-electron chi connectivity index (χ3n) is 11.2. The molecule has 4 saturated carbocycles. The van der Waals surface area contributed by atoms with Gasteiger partial charge in [-0.25, -0.2) is 0 Å². The Morgan fingerprint density at radius 2 is 1.76 bits per heavy atom. The topological polar surface area (TPSA) is 15.6 Å². The first-order chi connectivity index (χ1) is 15.8. The van der Waals surface area contributed by atoms with Gasteiger partial charge in [0.15, 0.2) is 0 Å². The van der Waals surface area contributed by atoms with Crippen LogP contribution in [-0.4, -0.2) is 23.7 Å². The summed E-state index contributed by atoms with van der Waals surface area (Å²) in [5.41, 5.74) is 6.86. The van der Waals surface area contributed by atoms with Crippen molar-refractivity contribution in [2.75, 3.05) is 6.54 Å². The molecule has 4 bridgehead atoms. The molecule has 4 atom stereocenters. The quantitative estimate of drug-likeness (QED) is 0.427. The van der Waals surface area contributed by atoms with E-state index >= 15 is 0 Å². The van der Waals surface area contributed by atoms with Crippen LogP contribution in [-0.2, 0) is 0 Å². The highest BCUT2D eigenvalue weighted by atomic mass is 35.5. The number of allylic oxidation sites excluding steroid dienone is 5. The number of hydrogen-bond donors (Lipinski definition) is 0. The molecule has 2 unspecified atom stereocenters. The van der Waals surface area contributed by atoms with Crippen LogP contribution in [0.15, 0.2) is 51.8 Å². The first-order valence-corrected chi connectivity index (χ1v) is 13.9. The molecule has 0 radical (unpaired) electrons. The summed E-state index contributed by atoms with van der Waals surface area (Å²) in [6, 6.07) is 0.581. The molecule has 3 heteroatoms. The minimum Gasteiger partial charge on any atom is -0.341 e. The summed E-state index contributed by atoms with van der Waals surface area (Å²) in [5.74, 6) is 7.61. The predicted molar refractivity (Wildman–Crippen MR) is 137 cm³/mol. The maximum Gasteiger partial charge on any atom is 0.0585 e. The van der Waals surface area contributed by atoms with Crippen LogP contribution >= 0.6 is 12.4 Å². The molecule has 0 amide bonds. The van der Waals surface area contributed by atoms with Gasteiger partial charge in [-0.3, -0.25) is 4.99 Å². The van der Waals surface area contributed by atoms with E-state index < -0.39 is 0 Å². The van der Waals surface area contributed by atoms with Crippen LogP contribution in [0.4, 0.5) is 0 Å². The molecule has 9 aliphatic rings. The SMILES string of the molecule is C1=CC2=CCC3=C4[C@H](CCC3CC3C5CC6CC(C5)CC3C6)[C@H]3CN=CC=C3N4C2CC1.Cl. The Bertz CT molecular complexity index is 955. The van der Waals surface area contributed by atoms with E-state index in [1.54, 1.807) is 49.1 Å². The zero-order valence-electron chi connectivity index (χ0n) is 19.9. The predicted octanol–water partition coefficient (Wildman–Crippen LogP) is 7.10. The first kappa shape index (κ1) is 21.0. The smallest absolute Gasteiger partial charge is 0.0585 e. The molecule has 176 valence electrons. The Kier molecular flexibility index (Phi) is 5.02. The maximum atomic E-state index is 4.74. The van der Waals surface area contributed by atoms with Crippen LogP contribution < -0.4 is 0 Å². The number of aliphatic imine (C=N–C) groups is 1. The van der Waals surface area contributed by atoms with E-state index in [0.29, 0.717) is 12.0 Å². The Labute approximate surface area is 205 Å². The summed E-state index contributed by atoms with van der Waals surface area (Å²) in [6.07, 6.45) is 28.0. The lowest BCUT2D eigenvalue weighted by molar-refractivity contribution is -0.0451. The van der Waals surface area contributed by atoms with Crippen LogP contribution in [0.25, 0.3) is 0 Å². The zero-order chi connectivity index (χ0) is 20.8. The second-order valence-electron chi connectivity index (χ2n) is 12.6. The fraction of sp³-hybridized carbons (Fsp3) is 0.700. The van der Waals surface area contributed by atoms with Gasteiger partial charge in [0.25, 0.3) is 0 Å². The van der Waals surface area contributed by atoms with Crippen molar-refractivity contribution < 1.29 is 0 Å². The summed E-state index contributed by atoms with van der Waals surface area (Å²) in [4.78, 5) is 7.61. The number of hydrogen-bond acceptors (Lipinski definition) is 2. The van der Waals surface area contributed by atoms with E-state index in [9.17, 15) is 0 Å². The molecular weight excluding hydrogens is 424 g/mol. The maximum absolute atomic E-state index is 4.74. The van der Waals surface area contributed by atoms with Crippen LogP contribution in [0, 0.1) is 47.3 Å². The summed E-state index contributed by atoms with van der Waals surface area (Å²) in [5, 5.41) is 0. The molecule has 0 spiro atoms. The van der Waals surface area contributed by atoms with Crippen LogP contribution in [0.3, 0.4) is 0 Å². The molecule has 0 N–H and O–H groups in total.